The van der Waals surface area contributed by atoms with E-state index in [9.17, 15) is 13.0 Å². The molecule has 0 fully saturated rings. The molecular weight excluding hydrogens is 505 g/mol. The number of sulfonamides is 1. The van der Waals surface area contributed by atoms with Crippen molar-refractivity contribution < 1.29 is 44.2 Å². The van der Waals surface area contributed by atoms with Gasteiger partial charge in [-0.2, -0.15) is 0 Å². The van der Waals surface area contributed by atoms with Crippen molar-refractivity contribution in [3.05, 3.63) is 36.4 Å². The molecule has 31 heavy (non-hydrogen) atoms. The number of benzene rings is 2. The minimum atomic E-state index is -3.97. The number of quaternary nitrogens is 1. The molecule has 8 nitrogen and oxygen atoms in total. The highest BCUT2D eigenvalue weighted by Gasteiger charge is 2.21. The summed E-state index contributed by atoms with van der Waals surface area (Å²) in [6.45, 7) is 1.62. The molecule has 0 spiro atoms. The molecule has 0 atom stereocenters. The molecule has 0 saturated carbocycles. The fourth-order valence-electron chi connectivity index (χ4n) is 3.50. The van der Waals surface area contributed by atoms with Gasteiger partial charge in [-0.25, -0.2) is 13.1 Å². The molecular formula is C20H33BrN3O5PS. The number of nitrogens with one attached hydrogen (secondary N) is 1. The predicted octanol–water partition coefficient (Wildman–Crippen LogP) is -0.778. The third-order valence-corrected chi connectivity index (χ3v) is 7.49. The van der Waals surface area contributed by atoms with E-state index >= 15 is 0 Å². The lowest BCUT2D eigenvalue weighted by Gasteiger charge is -2.30. The van der Waals surface area contributed by atoms with E-state index in [0.29, 0.717) is 42.3 Å². The minimum Gasteiger partial charge on any atom is -1.00 e. The Morgan fingerprint density at radius 1 is 1.00 bits per heavy atom. The largest absolute Gasteiger partial charge is 1.00 e. The highest BCUT2D eigenvalue weighted by molar-refractivity contribution is 7.89. The Kier molecular flexibility index (Phi) is 10.2. The Labute approximate surface area is 195 Å². The van der Waals surface area contributed by atoms with Crippen LogP contribution in [0.5, 0.6) is 0 Å². The maximum atomic E-state index is 12.9. The van der Waals surface area contributed by atoms with E-state index in [1.807, 2.05) is 57.4 Å². The molecule has 0 saturated heterocycles. The van der Waals surface area contributed by atoms with Crippen molar-refractivity contribution in [3.63, 3.8) is 0 Å². The van der Waals surface area contributed by atoms with Gasteiger partial charge in [0.15, 0.2) is 0 Å². The average molecular weight is 538 g/mol. The highest BCUT2D eigenvalue weighted by Crippen LogP contribution is 2.35. The smallest absolute Gasteiger partial charge is 0.325 e. The van der Waals surface area contributed by atoms with Crippen molar-refractivity contribution >= 4 is 34.1 Å². The quantitative estimate of drug-likeness (QED) is 0.197. The van der Waals surface area contributed by atoms with E-state index in [1.165, 1.54) is 0 Å². The molecule has 0 amide bonds. The van der Waals surface area contributed by atoms with E-state index in [2.05, 4.69) is 4.72 Å². The predicted molar refractivity (Wildman–Crippen MR) is 121 cm³/mol. The summed E-state index contributed by atoms with van der Waals surface area (Å²) in [5.41, 5.74) is 0.957. The van der Waals surface area contributed by atoms with Crippen LogP contribution in [-0.2, 0) is 14.6 Å². The average Bonchev–Trinajstić information content (AvgIpc) is 2.63. The topological polar surface area (TPSA) is 107 Å². The summed E-state index contributed by atoms with van der Waals surface area (Å²) in [5.74, 6) is 0. The number of fused-ring (bicyclic) bond motifs is 1. The van der Waals surface area contributed by atoms with E-state index in [4.69, 9.17) is 9.79 Å². The van der Waals surface area contributed by atoms with Gasteiger partial charge in [-0.3, -0.25) is 4.57 Å². The van der Waals surface area contributed by atoms with Crippen LogP contribution in [-0.4, -0.2) is 76.7 Å². The SMILES string of the molecule is CN(C)c1cccc2c(S(=O)(=O)NCCC[N+](C)(C)CCCP(=O)(O)O)cccc12.[Br-]. The summed E-state index contributed by atoms with van der Waals surface area (Å²) in [6.07, 6.45) is 0.917. The molecule has 0 heterocycles. The second-order valence-corrected chi connectivity index (χ2v) is 11.9. The van der Waals surface area contributed by atoms with Crippen molar-refractivity contribution in [2.45, 2.75) is 17.7 Å². The fourth-order valence-corrected chi connectivity index (χ4v) is 5.34. The number of halogens is 1. The molecule has 2 aromatic rings. The molecule has 2 aromatic carbocycles. The maximum Gasteiger partial charge on any atom is 0.325 e. The number of hydrogen-bond donors (Lipinski definition) is 3. The zero-order valence-corrected chi connectivity index (χ0v) is 21.8. The second kappa shape index (κ2) is 11.2. The van der Waals surface area contributed by atoms with Gasteiger partial charge in [-0.1, -0.05) is 24.3 Å². The van der Waals surface area contributed by atoms with Gasteiger partial charge >= 0.3 is 7.60 Å². The molecule has 3 N–H and O–H groups in total. The Morgan fingerprint density at radius 3 is 2.19 bits per heavy atom. The standard InChI is InChI=1S/C20H32N3O5PS.BrH/c1-22(2)19-11-5-10-18-17(19)9-6-12-20(18)30(27,28)21-13-7-14-23(3,4)15-8-16-29(24,25)26;/h5-6,9-12,21H,7-8,13-16H2,1-4H3,(H-,24,25,26);1H. The molecule has 11 heteroatoms. The molecule has 176 valence electrons. The Balaban J connectivity index is 0.00000480. The lowest BCUT2D eigenvalue weighted by atomic mass is 10.1. The third-order valence-electron chi connectivity index (χ3n) is 5.08. The van der Waals surface area contributed by atoms with Gasteiger partial charge in [-0.15, -0.1) is 0 Å². The van der Waals surface area contributed by atoms with Crippen LogP contribution >= 0.6 is 7.60 Å². The first-order valence-corrected chi connectivity index (χ1v) is 13.2. The summed E-state index contributed by atoms with van der Waals surface area (Å²) in [4.78, 5) is 20.2. The first-order valence-electron chi connectivity index (χ1n) is 9.88. The van der Waals surface area contributed by atoms with Crippen molar-refractivity contribution in [2.75, 3.05) is 58.9 Å². The Hall–Kier alpha value is -1.00. The number of nitrogens with zero attached hydrogens (tertiary/aromatic N) is 2. The maximum absolute atomic E-state index is 12.9. The van der Waals surface area contributed by atoms with Gasteiger partial charge in [0.25, 0.3) is 0 Å². The summed E-state index contributed by atoms with van der Waals surface area (Å²) in [6, 6.07) is 10.9. The van der Waals surface area contributed by atoms with Crippen LogP contribution in [0.25, 0.3) is 10.8 Å². The van der Waals surface area contributed by atoms with E-state index in [1.54, 1.807) is 12.1 Å². The monoisotopic (exact) mass is 537 g/mol. The molecule has 0 radical (unpaired) electrons. The zero-order valence-electron chi connectivity index (χ0n) is 18.5. The van der Waals surface area contributed by atoms with Crippen molar-refractivity contribution in [3.8, 4) is 0 Å². The third kappa shape index (κ3) is 8.46. The van der Waals surface area contributed by atoms with E-state index in [0.717, 1.165) is 11.1 Å². The van der Waals surface area contributed by atoms with Crippen molar-refractivity contribution in [2.24, 2.45) is 0 Å². The molecule has 0 aliphatic rings. The molecule has 2 rings (SSSR count). The summed E-state index contributed by atoms with van der Waals surface area (Å²) in [5, 5.41) is 1.57. The van der Waals surface area contributed by atoms with Crippen LogP contribution in [0, 0.1) is 0 Å². The second-order valence-electron chi connectivity index (χ2n) is 8.40. The van der Waals surface area contributed by atoms with Crippen LogP contribution in [0.4, 0.5) is 5.69 Å². The zero-order chi connectivity index (χ0) is 22.6. The molecule has 0 bridgehead atoms. The Morgan fingerprint density at radius 2 is 1.58 bits per heavy atom. The number of anilines is 1. The van der Waals surface area contributed by atoms with Crippen LogP contribution in [0.2, 0.25) is 0 Å². The van der Waals surface area contributed by atoms with Crippen LogP contribution in [0.15, 0.2) is 41.3 Å². The van der Waals surface area contributed by atoms with Gasteiger partial charge in [0.1, 0.15) is 0 Å². The number of hydrogen-bond acceptors (Lipinski definition) is 4. The molecule has 0 unspecified atom stereocenters. The molecule has 0 aromatic heterocycles. The van der Waals surface area contributed by atoms with Crippen LogP contribution < -0.4 is 26.6 Å². The van der Waals surface area contributed by atoms with E-state index in [-0.39, 0.29) is 28.0 Å². The summed E-state index contributed by atoms with van der Waals surface area (Å²) < 4.78 is 40.1. The van der Waals surface area contributed by atoms with Crippen molar-refractivity contribution in [1.82, 2.24) is 4.72 Å². The first kappa shape index (κ1) is 28.0. The van der Waals surface area contributed by atoms with Crippen molar-refractivity contribution in [1.29, 1.82) is 0 Å². The van der Waals surface area contributed by atoms with Gasteiger partial charge in [-0.05, 0) is 12.1 Å². The highest BCUT2D eigenvalue weighted by atomic mass is 79.9. The van der Waals surface area contributed by atoms with Crippen LogP contribution in [0.3, 0.4) is 0 Å². The Bertz CT molecular complexity index is 1020. The molecule has 0 aliphatic heterocycles. The van der Waals surface area contributed by atoms with E-state index < -0.39 is 17.6 Å². The summed E-state index contributed by atoms with van der Waals surface area (Å²) >= 11 is 0. The molecule has 0 aliphatic carbocycles. The first-order chi connectivity index (χ1) is 13.8. The van der Waals surface area contributed by atoms with Gasteiger partial charge in [0.05, 0.1) is 38.2 Å². The lowest BCUT2D eigenvalue weighted by molar-refractivity contribution is -0.890. The summed E-state index contributed by atoms with van der Waals surface area (Å²) in [7, 11) is 0.161. The van der Waals surface area contributed by atoms with Gasteiger partial charge in [0.2, 0.25) is 10.0 Å². The van der Waals surface area contributed by atoms with Gasteiger partial charge in [0, 0.05) is 49.9 Å². The van der Waals surface area contributed by atoms with Crippen LogP contribution in [0.1, 0.15) is 12.8 Å². The number of rotatable bonds is 11. The lowest BCUT2D eigenvalue weighted by Crippen LogP contribution is -3.00. The normalized spacial score (nSPS) is 12.6. The van der Waals surface area contributed by atoms with Gasteiger partial charge < -0.3 is 36.2 Å². The fraction of sp³-hybridized carbons (Fsp3) is 0.500. The minimum absolute atomic E-state index is 0.